The monoisotopic (exact) mass is 267 g/mol. The zero-order chi connectivity index (χ0) is 13.5. The molecule has 0 heterocycles. The molecule has 0 saturated carbocycles. The molecule has 0 aliphatic rings. The summed E-state index contributed by atoms with van der Waals surface area (Å²) in [5, 5.41) is 3.12. The molecule has 1 atom stereocenters. The lowest BCUT2D eigenvalue weighted by Crippen LogP contribution is -2.41. The van der Waals surface area contributed by atoms with Crippen molar-refractivity contribution in [2.75, 3.05) is 7.11 Å². The van der Waals surface area contributed by atoms with Crippen LogP contribution >= 0.6 is 11.6 Å². The van der Waals surface area contributed by atoms with E-state index < -0.39 is 12.0 Å². The molecule has 96 valence electrons. The molecule has 0 aromatic heterocycles. The Hall–Kier alpha value is -1.81. The molecule has 5 heteroatoms. The van der Waals surface area contributed by atoms with Gasteiger partial charge in [-0.05, 0) is 30.7 Å². The van der Waals surface area contributed by atoms with E-state index in [1.807, 2.05) is 0 Å². The predicted octanol–water partition coefficient (Wildman–Crippen LogP) is 2.19. The zero-order valence-electron chi connectivity index (χ0n) is 9.98. The average Bonchev–Trinajstić information content (AvgIpc) is 2.38. The van der Waals surface area contributed by atoms with Gasteiger partial charge < -0.3 is 10.1 Å². The van der Waals surface area contributed by atoms with Crippen molar-refractivity contribution in [2.45, 2.75) is 12.5 Å². The highest BCUT2D eigenvalue weighted by atomic mass is 35.5. The maximum atomic E-state index is 11.9. The van der Waals surface area contributed by atoms with Gasteiger partial charge in [0.1, 0.15) is 6.04 Å². The third kappa shape index (κ3) is 3.89. The molecule has 0 bridgehead atoms. The van der Waals surface area contributed by atoms with Crippen LogP contribution in [0.1, 0.15) is 16.8 Å². The fourth-order valence-electron chi connectivity index (χ4n) is 1.37. The maximum absolute atomic E-state index is 11.9. The van der Waals surface area contributed by atoms with Gasteiger partial charge in [-0.3, -0.25) is 4.79 Å². The minimum absolute atomic E-state index is 0.312. The minimum atomic E-state index is -0.726. The first-order chi connectivity index (χ1) is 8.58. The molecule has 4 nitrogen and oxygen atoms in total. The molecule has 1 aromatic carbocycles. The van der Waals surface area contributed by atoms with Gasteiger partial charge in [0.25, 0.3) is 5.91 Å². The van der Waals surface area contributed by atoms with Crippen LogP contribution in [0.4, 0.5) is 0 Å². The number of methoxy groups -OCH3 is 1. The summed E-state index contributed by atoms with van der Waals surface area (Å²) in [6.45, 7) is 3.53. The Balaban J connectivity index is 2.74. The van der Waals surface area contributed by atoms with Gasteiger partial charge >= 0.3 is 5.97 Å². The van der Waals surface area contributed by atoms with Gasteiger partial charge in [0.15, 0.2) is 0 Å². The number of ether oxygens (including phenoxy) is 1. The first-order valence-corrected chi connectivity index (χ1v) is 5.71. The molecule has 0 saturated heterocycles. The molecule has 0 aliphatic heterocycles. The highest BCUT2D eigenvalue weighted by molar-refractivity contribution is 6.30. The van der Waals surface area contributed by atoms with Gasteiger partial charge in [0.05, 0.1) is 7.11 Å². The van der Waals surface area contributed by atoms with Crippen molar-refractivity contribution in [2.24, 2.45) is 0 Å². The Morgan fingerprint density at radius 1 is 1.44 bits per heavy atom. The van der Waals surface area contributed by atoms with Crippen LogP contribution in [0.15, 0.2) is 36.9 Å². The Morgan fingerprint density at radius 3 is 2.56 bits per heavy atom. The topological polar surface area (TPSA) is 55.4 Å². The van der Waals surface area contributed by atoms with Crippen LogP contribution in [-0.2, 0) is 9.53 Å². The summed E-state index contributed by atoms with van der Waals surface area (Å²) in [5.41, 5.74) is 0.428. The smallest absolute Gasteiger partial charge is 0.328 e. The number of rotatable bonds is 5. The quantitative estimate of drug-likeness (QED) is 0.657. The van der Waals surface area contributed by atoms with Gasteiger partial charge in [0.2, 0.25) is 0 Å². The lowest BCUT2D eigenvalue weighted by Gasteiger charge is -2.14. The van der Waals surface area contributed by atoms with Crippen LogP contribution in [-0.4, -0.2) is 25.0 Å². The summed E-state index contributed by atoms with van der Waals surface area (Å²) in [5.74, 6) is -0.860. The molecule has 0 aliphatic carbocycles. The van der Waals surface area contributed by atoms with Crippen LogP contribution in [0, 0.1) is 0 Å². The number of benzene rings is 1. The first kappa shape index (κ1) is 14.3. The summed E-state index contributed by atoms with van der Waals surface area (Å²) in [4.78, 5) is 23.3. The van der Waals surface area contributed by atoms with Crippen molar-refractivity contribution < 1.29 is 14.3 Å². The Labute approximate surface area is 111 Å². The van der Waals surface area contributed by atoms with E-state index in [0.29, 0.717) is 17.0 Å². The van der Waals surface area contributed by atoms with E-state index in [1.165, 1.54) is 7.11 Å². The van der Waals surface area contributed by atoms with Crippen molar-refractivity contribution in [3.05, 3.63) is 47.5 Å². The van der Waals surface area contributed by atoms with E-state index in [9.17, 15) is 9.59 Å². The standard InChI is InChI=1S/C13H14ClNO3/c1-3-4-11(13(17)18-2)15-12(16)9-5-7-10(14)8-6-9/h3,5-8,11H,1,4H2,2H3,(H,15,16)/t11-/m1/s1. The second-order valence-electron chi connectivity index (χ2n) is 3.58. The van der Waals surface area contributed by atoms with Crippen LogP contribution in [0.5, 0.6) is 0 Å². The molecule has 18 heavy (non-hydrogen) atoms. The second kappa shape index (κ2) is 6.81. The van der Waals surface area contributed by atoms with Gasteiger partial charge in [0, 0.05) is 10.6 Å². The zero-order valence-corrected chi connectivity index (χ0v) is 10.7. The first-order valence-electron chi connectivity index (χ1n) is 5.33. The highest BCUT2D eigenvalue weighted by Gasteiger charge is 2.20. The average molecular weight is 268 g/mol. The number of hydrogen-bond acceptors (Lipinski definition) is 3. The summed E-state index contributed by atoms with van der Waals surface area (Å²) >= 11 is 5.73. The number of esters is 1. The molecule has 0 spiro atoms. The third-order valence-electron chi connectivity index (χ3n) is 2.30. The maximum Gasteiger partial charge on any atom is 0.328 e. The van der Waals surface area contributed by atoms with Gasteiger partial charge in [-0.25, -0.2) is 4.79 Å². The summed E-state index contributed by atoms with van der Waals surface area (Å²) in [6, 6.07) is 5.66. The SMILES string of the molecule is C=CC[C@@H](NC(=O)c1ccc(Cl)cc1)C(=O)OC. The van der Waals surface area contributed by atoms with Crippen LogP contribution in [0.25, 0.3) is 0 Å². The van der Waals surface area contributed by atoms with Gasteiger partial charge in [-0.2, -0.15) is 0 Å². The lowest BCUT2D eigenvalue weighted by atomic mass is 10.1. The molecule has 0 radical (unpaired) electrons. The van der Waals surface area contributed by atoms with E-state index >= 15 is 0 Å². The molecule has 1 aromatic rings. The number of hydrogen-bond donors (Lipinski definition) is 1. The van der Waals surface area contributed by atoms with Crippen molar-refractivity contribution >= 4 is 23.5 Å². The van der Waals surface area contributed by atoms with E-state index in [2.05, 4.69) is 16.6 Å². The fourth-order valence-corrected chi connectivity index (χ4v) is 1.49. The molecule has 1 N–H and O–H groups in total. The molecular weight excluding hydrogens is 254 g/mol. The van der Waals surface area contributed by atoms with Crippen LogP contribution in [0.3, 0.4) is 0 Å². The Kier molecular flexibility index (Phi) is 5.39. The summed E-state index contributed by atoms with van der Waals surface area (Å²) in [6.07, 6.45) is 1.86. The second-order valence-corrected chi connectivity index (χ2v) is 4.02. The van der Waals surface area contributed by atoms with Crippen molar-refractivity contribution in [1.29, 1.82) is 0 Å². The van der Waals surface area contributed by atoms with Gasteiger partial charge in [-0.15, -0.1) is 6.58 Å². The number of carbonyl (C=O) groups is 2. The van der Waals surface area contributed by atoms with Crippen molar-refractivity contribution in [1.82, 2.24) is 5.32 Å². The Morgan fingerprint density at radius 2 is 2.06 bits per heavy atom. The normalized spacial score (nSPS) is 11.4. The number of halogens is 1. The fraction of sp³-hybridized carbons (Fsp3) is 0.231. The molecular formula is C13H14ClNO3. The lowest BCUT2D eigenvalue weighted by molar-refractivity contribution is -0.142. The summed E-state index contributed by atoms with van der Waals surface area (Å²) in [7, 11) is 1.27. The van der Waals surface area contributed by atoms with E-state index in [4.69, 9.17) is 11.6 Å². The highest BCUT2D eigenvalue weighted by Crippen LogP contribution is 2.10. The Bertz CT molecular complexity index is 442. The van der Waals surface area contributed by atoms with E-state index in [1.54, 1.807) is 30.3 Å². The third-order valence-corrected chi connectivity index (χ3v) is 2.55. The van der Waals surface area contributed by atoms with Crippen molar-refractivity contribution in [3.8, 4) is 0 Å². The number of amides is 1. The van der Waals surface area contributed by atoms with Gasteiger partial charge in [-0.1, -0.05) is 17.7 Å². The van der Waals surface area contributed by atoms with Crippen LogP contribution < -0.4 is 5.32 Å². The van der Waals surface area contributed by atoms with Crippen LogP contribution in [0.2, 0.25) is 5.02 Å². The largest absolute Gasteiger partial charge is 0.467 e. The number of carbonyl (C=O) groups excluding carboxylic acids is 2. The van der Waals surface area contributed by atoms with E-state index in [0.717, 1.165) is 0 Å². The predicted molar refractivity (Wildman–Crippen MR) is 69.5 cm³/mol. The molecule has 0 unspecified atom stereocenters. The number of nitrogens with one attached hydrogen (secondary N) is 1. The van der Waals surface area contributed by atoms with Crippen molar-refractivity contribution in [3.63, 3.8) is 0 Å². The summed E-state index contributed by atoms with van der Waals surface area (Å²) < 4.78 is 4.60. The molecule has 1 amide bonds. The minimum Gasteiger partial charge on any atom is -0.467 e. The van der Waals surface area contributed by atoms with E-state index in [-0.39, 0.29) is 5.91 Å². The molecule has 0 fully saturated rings. The molecule has 1 rings (SSSR count).